The highest BCUT2D eigenvalue weighted by Crippen LogP contribution is 2.12. The first-order valence-corrected chi connectivity index (χ1v) is 6.63. The van der Waals surface area contributed by atoms with Gasteiger partial charge >= 0.3 is 5.97 Å². The molecule has 0 bridgehead atoms. The first-order valence-electron chi connectivity index (χ1n) is 5.05. The van der Waals surface area contributed by atoms with Crippen molar-refractivity contribution in [3.63, 3.8) is 0 Å². The molecule has 0 aromatic carbocycles. The molecule has 0 saturated heterocycles. The second-order valence-corrected chi connectivity index (χ2v) is 4.55. The van der Waals surface area contributed by atoms with Crippen LogP contribution in [0.4, 0.5) is 0 Å². The molecule has 0 fully saturated rings. The first kappa shape index (κ1) is 13.6. The van der Waals surface area contributed by atoms with Crippen molar-refractivity contribution in [2.24, 2.45) is 0 Å². The van der Waals surface area contributed by atoms with E-state index >= 15 is 0 Å². The van der Waals surface area contributed by atoms with Crippen LogP contribution in [0, 0.1) is 0 Å². The van der Waals surface area contributed by atoms with Gasteiger partial charge in [-0.1, -0.05) is 0 Å². The summed E-state index contributed by atoms with van der Waals surface area (Å²) in [6, 6.07) is 0. The molecule has 1 heterocycles. The highest BCUT2D eigenvalue weighted by molar-refractivity contribution is 9.11. The van der Waals surface area contributed by atoms with Crippen molar-refractivity contribution >= 4 is 37.8 Å². The highest BCUT2D eigenvalue weighted by Gasteiger charge is 2.05. The summed E-state index contributed by atoms with van der Waals surface area (Å²) in [6.07, 6.45) is 2.12. The molecule has 16 heavy (non-hydrogen) atoms. The Bertz CT molecular complexity index is 355. The fourth-order valence-corrected chi connectivity index (χ4v) is 2.23. The predicted molar refractivity (Wildman–Crippen MR) is 65.9 cm³/mol. The normalized spacial score (nSPS) is 10.4. The first-order chi connectivity index (χ1) is 7.63. The molecule has 0 radical (unpaired) electrons. The van der Waals surface area contributed by atoms with E-state index in [1.54, 1.807) is 4.68 Å². The number of carbonyl (C=O) groups is 1. The van der Waals surface area contributed by atoms with E-state index in [9.17, 15) is 4.79 Å². The molecule has 7 heteroatoms. The Morgan fingerprint density at radius 1 is 1.44 bits per heavy atom. The van der Waals surface area contributed by atoms with Crippen molar-refractivity contribution in [2.45, 2.75) is 32.7 Å². The molecule has 0 saturated carbocycles. The van der Waals surface area contributed by atoms with E-state index in [4.69, 9.17) is 4.74 Å². The van der Waals surface area contributed by atoms with Gasteiger partial charge in [0.15, 0.2) is 4.73 Å². The summed E-state index contributed by atoms with van der Waals surface area (Å²) in [7, 11) is 0. The van der Waals surface area contributed by atoms with Crippen molar-refractivity contribution < 1.29 is 9.53 Å². The van der Waals surface area contributed by atoms with Crippen LogP contribution in [0.3, 0.4) is 0 Å². The summed E-state index contributed by atoms with van der Waals surface area (Å²) in [6.45, 7) is 2.99. The Balaban J connectivity index is 2.21. The van der Waals surface area contributed by atoms with Gasteiger partial charge in [0.2, 0.25) is 4.73 Å². The monoisotopic (exact) mass is 353 g/mol. The zero-order valence-electron chi connectivity index (χ0n) is 8.95. The largest absolute Gasteiger partial charge is 0.466 e. The molecule has 0 aliphatic carbocycles. The van der Waals surface area contributed by atoms with Gasteiger partial charge in [-0.2, -0.15) is 4.98 Å². The number of rotatable bonds is 6. The second kappa shape index (κ2) is 7.01. The van der Waals surface area contributed by atoms with Crippen LogP contribution in [0.5, 0.6) is 0 Å². The molecule has 0 amide bonds. The van der Waals surface area contributed by atoms with Crippen LogP contribution in [0.2, 0.25) is 0 Å². The predicted octanol–water partition coefficient (Wildman–Crippen LogP) is 2.54. The summed E-state index contributed by atoms with van der Waals surface area (Å²) >= 11 is 6.48. The van der Waals surface area contributed by atoms with Gasteiger partial charge in [-0.15, -0.1) is 5.10 Å². The number of hydrogen-bond acceptors (Lipinski definition) is 4. The average Bonchev–Trinajstić information content (AvgIpc) is 2.53. The zero-order valence-corrected chi connectivity index (χ0v) is 12.1. The summed E-state index contributed by atoms with van der Waals surface area (Å²) in [4.78, 5) is 15.1. The quantitative estimate of drug-likeness (QED) is 0.581. The Morgan fingerprint density at radius 2 is 2.19 bits per heavy atom. The van der Waals surface area contributed by atoms with Crippen LogP contribution in [-0.4, -0.2) is 27.3 Å². The van der Waals surface area contributed by atoms with Gasteiger partial charge in [0.05, 0.1) is 6.61 Å². The van der Waals surface area contributed by atoms with Crippen LogP contribution < -0.4 is 0 Å². The number of nitrogens with zero attached hydrogens (tertiary/aromatic N) is 3. The third kappa shape index (κ3) is 4.61. The Hall–Kier alpha value is -0.430. The van der Waals surface area contributed by atoms with Gasteiger partial charge in [0.1, 0.15) is 0 Å². The van der Waals surface area contributed by atoms with E-state index < -0.39 is 0 Å². The third-order valence-corrected chi connectivity index (χ3v) is 2.83. The minimum Gasteiger partial charge on any atom is -0.466 e. The lowest BCUT2D eigenvalue weighted by molar-refractivity contribution is -0.143. The molecular formula is C9H13Br2N3O2. The molecule has 1 aromatic rings. The van der Waals surface area contributed by atoms with Gasteiger partial charge in [0.25, 0.3) is 0 Å². The van der Waals surface area contributed by atoms with Crippen molar-refractivity contribution in [1.82, 2.24) is 14.8 Å². The van der Waals surface area contributed by atoms with Crippen molar-refractivity contribution in [3.05, 3.63) is 9.47 Å². The van der Waals surface area contributed by atoms with E-state index in [1.807, 2.05) is 6.92 Å². The fourth-order valence-electron chi connectivity index (χ4n) is 1.20. The SMILES string of the molecule is CCOC(=O)CCCCn1nc(Br)nc1Br. The summed E-state index contributed by atoms with van der Waals surface area (Å²) < 4.78 is 7.83. The van der Waals surface area contributed by atoms with Gasteiger partial charge in [-0.3, -0.25) is 4.79 Å². The Kier molecular flexibility index (Phi) is 5.97. The number of aromatic nitrogens is 3. The fraction of sp³-hybridized carbons (Fsp3) is 0.667. The molecule has 0 spiro atoms. The van der Waals surface area contributed by atoms with Gasteiger partial charge in [-0.25, -0.2) is 4.68 Å². The molecule has 0 atom stereocenters. The second-order valence-electron chi connectivity index (χ2n) is 3.14. The number of unbranched alkanes of at least 4 members (excludes halogenated alkanes) is 1. The molecule has 1 rings (SSSR count). The molecular weight excluding hydrogens is 342 g/mol. The summed E-state index contributed by atoms with van der Waals surface area (Å²) in [5.74, 6) is -0.138. The third-order valence-electron chi connectivity index (χ3n) is 1.91. The lowest BCUT2D eigenvalue weighted by Crippen LogP contribution is -2.05. The molecule has 0 N–H and O–H groups in total. The summed E-state index contributed by atoms with van der Waals surface area (Å²) in [5, 5.41) is 4.12. The zero-order chi connectivity index (χ0) is 12.0. The van der Waals surface area contributed by atoms with Crippen LogP contribution in [0.1, 0.15) is 26.2 Å². The van der Waals surface area contributed by atoms with Crippen LogP contribution >= 0.6 is 31.9 Å². The van der Waals surface area contributed by atoms with E-state index in [2.05, 4.69) is 41.9 Å². The molecule has 90 valence electrons. The lowest BCUT2D eigenvalue weighted by Gasteiger charge is -2.02. The number of ether oxygens (including phenoxy) is 1. The number of esters is 1. The smallest absolute Gasteiger partial charge is 0.305 e. The highest BCUT2D eigenvalue weighted by atomic mass is 79.9. The minimum atomic E-state index is -0.138. The molecule has 0 unspecified atom stereocenters. The van der Waals surface area contributed by atoms with Crippen LogP contribution in [0.15, 0.2) is 9.47 Å². The number of carbonyl (C=O) groups excluding carboxylic acids is 1. The van der Waals surface area contributed by atoms with Gasteiger partial charge < -0.3 is 4.74 Å². The van der Waals surface area contributed by atoms with E-state index in [0.29, 0.717) is 22.5 Å². The maximum absolute atomic E-state index is 11.1. The van der Waals surface area contributed by atoms with Crippen molar-refractivity contribution in [1.29, 1.82) is 0 Å². The van der Waals surface area contributed by atoms with E-state index in [1.165, 1.54) is 0 Å². The Morgan fingerprint density at radius 3 is 2.75 bits per heavy atom. The average molecular weight is 355 g/mol. The van der Waals surface area contributed by atoms with Gasteiger partial charge in [0, 0.05) is 13.0 Å². The maximum atomic E-state index is 11.1. The van der Waals surface area contributed by atoms with Crippen LogP contribution in [-0.2, 0) is 16.1 Å². The molecule has 0 aliphatic rings. The van der Waals surface area contributed by atoms with E-state index in [0.717, 1.165) is 19.4 Å². The Labute approximate surface area is 111 Å². The minimum absolute atomic E-state index is 0.138. The molecule has 1 aromatic heterocycles. The lowest BCUT2D eigenvalue weighted by atomic mass is 10.2. The topological polar surface area (TPSA) is 57.0 Å². The van der Waals surface area contributed by atoms with Gasteiger partial charge in [-0.05, 0) is 51.6 Å². The number of halogens is 2. The van der Waals surface area contributed by atoms with Crippen molar-refractivity contribution in [2.75, 3.05) is 6.61 Å². The summed E-state index contributed by atoms with van der Waals surface area (Å²) in [5.41, 5.74) is 0. The number of aryl methyl sites for hydroxylation is 1. The molecule has 0 aliphatic heterocycles. The number of hydrogen-bond donors (Lipinski definition) is 0. The van der Waals surface area contributed by atoms with E-state index in [-0.39, 0.29) is 5.97 Å². The van der Waals surface area contributed by atoms with Crippen LogP contribution in [0.25, 0.3) is 0 Å². The van der Waals surface area contributed by atoms with Crippen molar-refractivity contribution in [3.8, 4) is 0 Å². The maximum Gasteiger partial charge on any atom is 0.305 e. The standard InChI is InChI=1S/C9H13Br2N3O2/c1-2-16-7(15)5-3-4-6-14-9(11)12-8(10)13-14/h2-6H2,1H3. The molecule has 5 nitrogen and oxygen atoms in total.